The number of nitrogens with one attached hydrogen (secondary N) is 2. The molecule has 91 heavy (non-hydrogen) atoms. The fourth-order valence-corrected chi connectivity index (χ4v) is 14.6. The van der Waals surface area contributed by atoms with Gasteiger partial charge in [0.05, 0.1) is 68.8 Å². The van der Waals surface area contributed by atoms with Crippen LogP contribution < -0.4 is 30.2 Å². The number of aromatic nitrogens is 1. The smallest absolute Gasteiger partial charge is 0.219 e. The molecule has 1 aromatic heterocycles. The van der Waals surface area contributed by atoms with Gasteiger partial charge in [-0.05, 0) is 181 Å². The van der Waals surface area contributed by atoms with Crippen LogP contribution in [0.1, 0.15) is 52.7 Å². The minimum atomic E-state index is -0.242. The summed E-state index contributed by atoms with van der Waals surface area (Å²) in [5.74, 6) is 0. The first-order valence-corrected chi connectivity index (χ1v) is 31.6. The number of nitrogens with zero attached hydrogens (tertiary/aromatic N) is 6. The lowest BCUT2D eigenvalue weighted by molar-refractivity contribution is 0.590. The van der Waals surface area contributed by atoms with E-state index in [-0.39, 0.29) is 23.4 Å². The van der Waals surface area contributed by atoms with Gasteiger partial charge in [-0.3, -0.25) is 9.80 Å². The number of hydrogen-bond acceptors (Lipinski definition) is 6. The predicted molar refractivity (Wildman–Crippen MR) is 381 cm³/mol. The topological polar surface area (TPSA) is 46.3 Å². The van der Waals surface area contributed by atoms with Crippen LogP contribution in [0, 0.1) is 6.57 Å². The van der Waals surface area contributed by atoms with Gasteiger partial charge in [0.1, 0.15) is 0 Å². The highest BCUT2D eigenvalue weighted by molar-refractivity contribution is 6.13. The third-order valence-electron chi connectivity index (χ3n) is 19.1. The highest BCUT2D eigenvalue weighted by atomic mass is 15.5. The Kier molecular flexibility index (Phi) is 12.1. The summed E-state index contributed by atoms with van der Waals surface area (Å²) in [5.41, 5.74) is 27.1. The van der Waals surface area contributed by atoms with Crippen molar-refractivity contribution >= 4 is 84.4 Å². The summed E-state index contributed by atoms with van der Waals surface area (Å²) in [7, 11) is 0. The third-order valence-corrected chi connectivity index (χ3v) is 19.1. The number of hydrogen-bond donors (Lipinski definition) is 2. The van der Waals surface area contributed by atoms with Gasteiger partial charge in [0.25, 0.3) is 0 Å². The third kappa shape index (κ3) is 8.56. The Morgan fingerprint density at radius 1 is 0.341 bits per heavy atom. The molecule has 5 heterocycles. The number of benzene rings is 12. The van der Waals surface area contributed by atoms with Crippen LogP contribution in [0.2, 0.25) is 0 Å². The molecule has 12 aromatic carbocycles. The van der Waals surface area contributed by atoms with E-state index in [4.69, 9.17) is 4.85 Å². The number of fused-ring (bicyclic) bond motifs is 13. The van der Waals surface area contributed by atoms with Gasteiger partial charge in [0.15, 0.2) is 12.6 Å². The maximum Gasteiger partial charge on any atom is 0.219 e. The second-order valence-corrected chi connectivity index (χ2v) is 26.6. The maximum atomic E-state index is 9.83. The van der Waals surface area contributed by atoms with Gasteiger partial charge < -0.3 is 25.0 Å². The summed E-state index contributed by atoms with van der Waals surface area (Å²) in [6, 6.07) is 97.3. The number of para-hydroxylation sites is 2. The Morgan fingerprint density at radius 3 is 1.16 bits per heavy atom. The van der Waals surface area contributed by atoms with Crippen molar-refractivity contribution < 1.29 is 0 Å². The zero-order chi connectivity index (χ0) is 61.4. The van der Waals surface area contributed by atoms with Crippen LogP contribution in [0.15, 0.2) is 267 Å². The molecule has 0 amide bonds. The first-order chi connectivity index (χ1) is 44.4. The minimum Gasteiger partial charge on any atom is -0.346 e. The highest BCUT2D eigenvalue weighted by Crippen LogP contribution is 2.59. The lowest BCUT2D eigenvalue weighted by Gasteiger charge is -2.27. The molecule has 0 saturated carbocycles. The van der Waals surface area contributed by atoms with E-state index in [9.17, 15) is 6.57 Å². The quantitative estimate of drug-likeness (QED) is 0.148. The molecule has 8 heteroatoms. The van der Waals surface area contributed by atoms with E-state index in [2.05, 4.69) is 343 Å². The second kappa shape index (κ2) is 20.4. The number of rotatable bonds is 8. The van der Waals surface area contributed by atoms with Gasteiger partial charge in [-0.2, -0.15) is 0 Å². The first kappa shape index (κ1) is 53.9. The molecule has 4 aliphatic rings. The molecular formula is C83H66N8. The Bertz CT molecular complexity index is 5040. The summed E-state index contributed by atoms with van der Waals surface area (Å²) in [4.78, 5) is 14.7. The normalized spacial score (nSPS) is 15.2. The summed E-state index contributed by atoms with van der Waals surface area (Å²) in [6.45, 7) is 23.6. The molecule has 4 aliphatic heterocycles. The van der Waals surface area contributed by atoms with Crippen LogP contribution in [0.5, 0.6) is 0 Å². The zero-order valence-corrected chi connectivity index (χ0v) is 51.7. The molecule has 2 atom stereocenters. The molecule has 0 spiro atoms. The van der Waals surface area contributed by atoms with Crippen LogP contribution >= 0.6 is 0 Å². The second-order valence-electron chi connectivity index (χ2n) is 26.6. The maximum absolute atomic E-state index is 9.83. The summed E-state index contributed by atoms with van der Waals surface area (Å²) in [6.07, 6.45) is -0.472. The Labute approximate surface area is 532 Å². The SMILES string of the molecule is [C-]#[N+]c1c(-c2ccccc2)c(-c2ccc3c(c2)N2c4cc(-c5ccccc5)ccc4NC2N3c2ccccc2)cc(-c2ccc3c(c2)N2c4cc(-c5ccccc5)ccc4NC2N3c2ccccc2)c1-n1c2ccc(C(C)(C)C)cc2c2cc(C(C)(C)C)ccc21. The fraction of sp³-hybridized carbons (Fsp3) is 0.120. The fourth-order valence-electron chi connectivity index (χ4n) is 14.6. The summed E-state index contributed by atoms with van der Waals surface area (Å²) in [5, 5.41) is 10.3. The molecule has 0 saturated heterocycles. The molecule has 0 bridgehead atoms. The standard InChI is InChI=1S/C83H66N8/c1-82(2,3)59-37-43-69-65(49-59)66-50-60(83(4,5)6)38-44-70(66)89(69)79-64(58-36-42-72-76(48-58)91-74-46-56(53-25-15-9-16-26-53)34-40-68(74)86-81(91)88(72)62-31-21-12-22-32-62)51-63(77(78(79)84-7)54-27-17-10-18-28-54)57-35-41-71-75(47-57)90-73-45-55(52-23-13-8-14-24-52)33-39-67(73)85-80(90)87(71)61-29-19-11-20-30-61/h8-51,80-81,85-86H,1-6H3. The highest BCUT2D eigenvalue weighted by Gasteiger charge is 2.45. The predicted octanol–water partition coefficient (Wildman–Crippen LogP) is 22.3. The van der Waals surface area contributed by atoms with Crippen LogP contribution in [-0.2, 0) is 10.8 Å². The molecule has 438 valence electrons. The molecule has 0 fully saturated rings. The average molecular weight is 1180 g/mol. The Hall–Kier alpha value is -11.3. The molecular weight excluding hydrogens is 1110 g/mol. The van der Waals surface area contributed by atoms with Gasteiger partial charge in [-0.1, -0.05) is 205 Å². The summed E-state index contributed by atoms with van der Waals surface area (Å²) < 4.78 is 2.43. The van der Waals surface area contributed by atoms with Crippen molar-refractivity contribution in [2.45, 2.75) is 65.0 Å². The van der Waals surface area contributed by atoms with E-state index >= 15 is 0 Å². The molecule has 0 radical (unpaired) electrons. The van der Waals surface area contributed by atoms with Crippen LogP contribution in [0.25, 0.3) is 88.0 Å². The Balaban J connectivity index is 0.958. The molecule has 2 unspecified atom stereocenters. The molecule has 0 aliphatic carbocycles. The van der Waals surface area contributed by atoms with Crippen molar-refractivity contribution in [3.05, 3.63) is 289 Å². The van der Waals surface area contributed by atoms with Crippen molar-refractivity contribution in [1.29, 1.82) is 0 Å². The van der Waals surface area contributed by atoms with Crippen molar-refractivity contribution in [2.75, 3.05) is 30.2 Å². The van der Waals surface area contributed by atoms with Gasteiger partial charge >= 0.3 is 0 Å². The number of anilines is 10. The van der Waals surface area contributed by atoms with Gasteiger partial charge in [0.2, 0.25) is 5.69 Å². The van der Waals surface area contributed by atoms with E-state index in [1.54, 1.807) is 0 Å². The first-order valence-electron chi connectivity index (χ1n) is 31.6. The van der Waals surface area contributed by atoms with Crippen molar-refractivity contribution in [2.24, 2.45) is 0 Å². The van der Waals surface area contributed by atoms with Crippen LogP contribution in [0.3, 0.4) is 0 Å². The summed E-state index contributed by atoms with van der Waals surface area (Å²) >= 11 is 0. The van der Waals surface area contributed by atoms with E-state index in [0.29, 0.717) is 5.69 Å². The molecule has 8 nitrogen and oxygen atoms in total. The van der Waals surface area contributed by atoms with Crippen molar-refractivity contribution in [3.8, 4) is 61.3 Å². The van der Waals surface area contributed by atoms with Crippen molar-refractivity contribution in [1.82, 2.24) is 4.57 Å². The van der Waals surface area contributed by atoms with E-state index in [0.717, 1.165) is 140 Å². The zero-order valence-electron chi connectivity index (χ0n) is 51.7. The molecule has 13 aromatic rings. The van der Waals surface area contributed by atoms with Gasteiger partial charge in [-0.25, -0.2) is 4.85 Å². The van der Waals surface area contributed by atoms with E-state index in [1.165, 1.54) is 11.1 Å². The van der Waals surface area contributed by atoms with E-state index < -0.39 is 0 Å². The molecule has 2 N–H and O–H groups in total. The monoisotopic (exact) mass is 1170 g/mol. The van der Waals surface area contributed by atoms with Crippen LogP contribution in [0.4, 0.5) is 62.6 Å². The van der Waals surface area contributed by atoms with E-state index in [1.807, 2.05) is 0 Å². The average Bonchev–Trinajstić information content (AvgIpc) is 1.62. The van der Waals surface area contributed by atoms with Crippen molar-refractivity contribution in [3.63, 3.8) is 0 Å². The van der Waals surface area contributed by atoms with Gasteiger partial charge in [0, 0.05) is 22.1 Å². The van der Waals surface area contributed by atoms with Crippen LogP contribution in [-0.4, -0.2) is 17.1 Å². The largest absolute Gasteiger partial charge is 0.346 e. The lowest BCUT2D eigenvalue weighted by atomic mass is 9.85. The molecule has 17 rings (SSSR count). The van der Waals surface area contributed by atoms with Gasteiger partial charge in [-0.15, -0.1) is 0 Å². The minimum absolute atomic E-state index is 0.106. The Morgan fingerprint density at radius 2 is 0.736 bits per heavy atom. The lowest BCUT2D eigenvalue weighted by Crippen LogP contribution is -2.40.